The van der Waals surface area contributed by atoms with Crippen molar-refractivity contribution in [3.8, 4) is 5.75 Å². The molecule has 4 nitrogen and oxygen atoms in total. The fraction of sp³-hybridized carbons (Fsp3) is 0.133. The summed E-state index contributed by atoms with van der Waals surface area (Å²) in [6, 6.07) is 8.27. The van der Waals surface area contributed by atoms with Crippen LogP contribution in [0.3, 0.4) is 0 Å². The SMILES string of the molecule is Cc1cccc(OCC(=O)Nc2ccc(F)cc2N)c1F. The zero-order chi connectivity index (χ0) is 15.4. The zero-order valence-corrected chi connectivity index (χ0v) is 11.3. The summed E-state index contributed by atoms with van der Waals surface area (Å²) in [5, 5.41) is 2.46. The zero-order valence-electron chi connectivity index (χ0n) is 11.3. The van der Waals surface area contributed by atoms with Gasteiger partial charge in [-0.2, -0.15) is 0 Å². The van der Waals surface area contributed by atoms with Crippen molar-refractivity contribution in [2.45, 2.75) is 6.92 Å². The van der Waals surface area contributed by atoms with Gasteiger partial charge in [-0.05, 0) is 36.8 Å². The lowest BCUT2D eigenvalue weighted by Gasteiger charge is -2.10. The fourth-order valence-corrected chi connectivity index (χ4v) is 1.71. The summed E-state index contributed by atoms with van der Waals surface area (Å²) in [5.41, 5.74) is 6.37. The maximum atomic E-state index is 13.7. The van der Waals surface area contributed by atoms with Crippen LogP contribution in [0.1, 0.15) is 5.56 Å². The Bertz CT molecular complexity index is 675. The van der Waals surface area contributed by atoms with Crippen molar-refractivity contribution >= 4 is 17.3 Å². The average Bonchev–Trinajstić information content (AvgIpc) is 2.43. The van der Waals surface area contributed by atoms with Gasteiger partial charge in [-0.25, -0.2) is 8.78 Å². The molecule has 0 spiro atoms. The number of aryl methyl sites for hydroxylation is 1. The number of nitrogen functional groups attached to an aromatic ring is 1. The van der Waals surface area contributed by atoms with E-state index in [0.29, 0.717) is 5.56 Å². The molecule has 1 amide bonds. The number of nitrogens with two attached hydrogens (primary N) is 1. The number of hydrogen-bond donors (Lipinski definition) is 2. The van der Waals surface area contributed by atoms with E-state index in [1.54, 1.807) is 19.1 Å². The van der Waals surface area contributed by atoms with Crippen LogP contribution in [0.15, 0.2) is 36.4 Å². The predicted molar refractivity (Wildman–Crippen MR) is 76.1 cm³/mol. The Morgan fingerprint density at radius 2 is 2.05 bits per heavy atom. The first-order valence-corrected chi connectivity index (χ1v) is 6.20. The van der Waals surface area contributed by atoms with E-state index in [1.165, 1.54) is 18.2 Å². The van der Waals surface area contributed by atoms with Crippen molar-refractivity contribution in [3.05, 3.63) is 53.6 Å². The van der Waals surface area contributed by atoms with Gasteiger partial charge in [-0.15, -0.1) is 0 Å². The number of ether oxygens (including phenoxy) is 1. The molecule has 3 N–H and O–H groups in total. The van der Waals surface area contributed by atoms with Crippen molar-refractivity contribution in [1.82, 2.24) is 0 Å². The highest BCUT2D eigenvalue weighted by Crippen LogP contribution is 2.21. The standard InChI is InChI=1S/C15H14F2N2O2/c1-9-3-2-4-13(15(9)17)21-8-14(20)19-12-6-5-10(16)7-11(12)18/h2-7H,8,18H2,1H3,(H,19,20). The first-order valence-electron chi connectivity index (χ1n) is 6.20. The monoisotopic (exact) mass is 292 g/mol. The number of amides is 1. The van der Waals surface area contributed by atoms with Crippen molar-refractivity contribution in [2.75, 3.05) is 17.7 Å². The minimum Gasteiger partial charge on any atom is -0.481 e. The molecule has 0 fully saturated rings. The molecule has 0 aliphatic carbocycles. The van der Waals surface area contributed by atoms with Crippen molar-refractivity contribution in [3.63, 3.8) is 0 Å². The van der Waals surface area contributed by atoms with E-state index in [2.05, 4.69) is 5.32 Å². The summed E-state index contributed by atoms with van der Waals surface area (Å²) in [5.74, 6) is -1.53. The summed E-state index contributed by atoms with van der Waals surface area (Å²) in [6.07, 6.45) is 0. The average molecular weight is 292 g/mol. The normalized spacial score (nSPS) is 10.2. The van der Waals surface area contributed by atoms with Crippen LogP contribution in [0, 0.1) is 18.6 Å². The minimum atomic E-state index is -0.519. The van der Waals surface area contributed by atoms with E-state index in [-0.39, 0.29) is 23.7 Å². The molecule has 0 heterocycles. The number of carbonyl (C=O) groups excluding carboxylic acids is 1. The summed E-state index contributed by atoms with van der Waals surface area (Å²) < 4.78 is 31.7. The van der Waals surface area contributed by atoms with Crippen LogP contribution >= 0.6 is 0 Å². The maximum absolute atomic E-state index is 13.7. The van der Waals surface area contributed by atoms with Crippen LogP contribution in [0.5, 0.6) is 5.75 Å². The lowest BCUT2D eigenvalue weighted by atomic mass is 10.2. The van der Waals surface area contributed by atoms with Gasteiger partial charge >= 0.3 is 0 Å². The van der Waals surface area contributed by atoms with Gasteiger partial charge in [0.15, 0.2) is 18.2 Å². The predicted octanol–water partition coefficient (Wildman–Crippen LogP) is 2.87. The Balaban J connectivity index is 1.97. The minimum absolute atomic E-state index is 0.00257. The molecule has 2 aromatic carbocycles. The number of carbonyl (C=O) groups is 1. The summed E-state index contributed by atoms with van der Waals surface area (Å²) in [4.78, 5) is 11.7. The lowest BCUT2D eigenvalue weighted by Crippen LogP contribution is -2.21. The summed E-state index contributed by atoms with van der Waals surface area (Å²) in [7, 11) is 0. The van der Waals surface area contributed by atoms with Crippen LogP contribution in [-0.2, 0) is 4.79 Å². The molecule has 0 saturated carbocycles. The first kappa shape index (κ1) is 14.8. The molecule has 0 aromatic heterocycles. The third kappa shape index (κ3) is 3.68. The van der Waals surface area contributed by atoms with Crippen LogP contribution < -0.4 is 15.8 Å². The van der Waals surface area contributed by atoms with Crippen LogP contribution in [0.2, 0.25) is 0 Å². The van der Waals surface area contributed by atoms with Crippen LogP contribution in [-0.4, -0.2) is 12.5 Å². The molecular formula is C15H14F2N2O2. The number of benzene rings is 2. The Kier molecular flexibility index (Phi) is 4.37. The van der Waals surface area contributed by atoms with Crippen molar-refractivity contribution in [2.24, 2.45) is 0 Å². The fourth-order valence-electron chi connectivity index (χ4n) is 1.71. The van der Waals surface area contributed by atoms with E-state index in [0.717, 1.165) is 6.07 Å². The van der Waals surface area contributed by atoms with Gasteiger partial charge in [-0.1, -0.05) is 12.1 Å². The maximum Gasteiger partial charge on any atom is 0.262 e. The van der Waals surface area contributed by atoms with Gasteiger partial charge in [0, 0.05) is 0 Å². The summed E-state index contributed by atoms with van der Waals surface area (Å²) in [6.45, 7) is 1.22. The molecule has 110 valence electrons. The highest BCUT2D eigenvalue weighted by atomic mass is 19.1. The van der Waals surface area contributed by atoms with Gasteiger partial charge < -0.3 is 15.8 Å². The topological polar surface area (TPSA) is 64.3 Å². The molecule has 6 heteroatoms. The molecule has 0 bridgehead atoms. The summed E-state index contributed by atoms with van der Waals surface area (Å²) >= 11 is 0. The molecule has 21 heavy (non-hydrogen) atoms. The Morgan fingerprint density at radius 3 is 2.76 bits per heavy atom. The van der Waals surface area contributed by atoms with E-state index in [4.69, 9.17) is 10.5 Å². The Morgan fingerprint density at radius 1 is 1.29 bits per heavy atom. The Labute approximate surface area is 120 Å². The molecule has 0 unspecified atom stereocenters. The number of rotatable bonds is 4. The second-order valence-corrected chi connectivity index (χ2v) is 4.46. The van der Waals surface area contributed by atoms with Gasteiger partial charge in [0.05, 0.1) is 11.4 Å². The number of nitrogens with one attached hydrogen (secondary N) is 1. The molecule has 0 aliphatic heterocycles. The van der Waals surface area contributed by atoms with Gasteiger partial charge in [0.1, 0.15) is 5.82 Å². The second kappa shape index (κ2) is 6.21. The highest BCUT2D eigenvalue weighted by molar-refractivity contribution is 5.94. The molecular weight excluding hydrogens is 278 g/mol. The van der Waals surface area contributed by atoms with Crippen molar-refractivity contribution < 1.29 is 18.3 Å². The third-order valence-electron chi connectivity index (χ3n) is 2.80. The molecule has 2 rings (SSSR count). The van der Waals surface area contributed by atoms with Gasteiger partial charge in [-0.3, -0.25) is 4.79 Å². The molecule has 0 aliphatic rings. The lowest BCUT2D eigenvalue weighted by molar-refractivity contribution is -0.118. The first-order chi connectivity index (χ1) is 9.97. The quantitative estimate of drug-likeness (QED) is 0.852. The number of hydrogen-bond acceptors (Lipinski definition) is 3. The van der Waals surface area contributed by atoms with Crippen molar-refractivity contribution in [1.29, 1.82) is 0 Å². The van der Waals surface area contributed by atoms with E-state index >= 15 is 0 Å². The van der Waals surface area contributed by atoms with Gasteiger partial charge in [0.2, 0.25) is 0 Å². The smallest absolute Gasteiger partial charge is 0.262 e. The third-order valence-corrected chi connectivity index (χ3v) is 2.80. The molecule has 0 saturated heterocycles. The van der Waals surface area contributed by atoms with Gasteiger partial charge in [0.25, 0.3) is 5.91 Å². The van der Waals surface area contributed by atoms with Crippen LogP contribution in [0.4, 0.5) is 20.2 Å². The second-order valence-electron chi connectivity index (χ2n) is 4.46. The largest absolute Gasteiger partial charge is 0.481 e. The highest BCUT2D eigenvalue weighted by Gasteiger charge is 2.10. The van der Waals surface area contributed by atoms with E-state index in [1.807, 2.05) is 0 Å². The number of halogens is 2. The molecule has 0 atom stereocenters. The Hall–Kier alpha value is -2.63. The molecule has 0 radical (unpaired) electrons. The van der Waals surface area contributed by atoms with E-state index in [9.17, 15) is 13.6 Å². The number of anilines is 2. The van der Waals surface area contributed by atoms with Crippen LogP contribution in [0.25, 0.3) is 0 Å². The van der Waals surface area contributed by atoms with E-state index < -0.39 is 17.5 Å². The molecule has 2 aromatic rings.